The van der Waals surface area contributed by atoms with Gasteiger partial charge in [0.2, 0.25) is 0 Å². The number of fused-ring (bicyclic) bond motifs is 1. The van der Waals surface area contributed by atoms with Crippen molar-refractivity contribution in [2.24, 2.45) is 5.73 Å². The van der Waals surface area contributed by atoms with Gasteiger partial charge in [-0.2, -0.15) is 0 Å². The van der Waals surface area contributed by atoms with Gasteiger partial charge in [0.15, 0.2) is 0 Å². The minimum absolute atomic E-state index is 0.0612. The van der Waals surface area contributed by atoms with Crippen LogP contribution in [0.5, 0.6) is 11.5 Å². The first-order valence-electron chi connectivity index (χ1n) is 12.8. The van der Waals surface area contributed by atoms with Gasteiger partial charge in [0.1, 0.15) is 42.2 Å². The summed E-state index contributed by atoms with van der Waals surface area (Å²) in [5.41, 5.74) is 11.3. The predicted molar refractivity (Wildman–Crippen MR) is 149 cm³/mol. The van der Waals surface area contributed by atoms with Gasteiger partial charge in [-0.15, -0.1) is 0 Å². The first-order chi connectivity index (χ1) is 18.9. The lowest BCUT2D eigenvalue weighted by molar-refractivity contribution is -0.149. The molecule has 0 aliphatic heterocycles. The molecule has 4 rings (SSSR count). The SMILES string of the molecule is COCc1cc2cc(COc3cc(OC)ccc3CC(=O)OC(C)COC)cc(-c3cccc(CN)c3)c2o1. The molecule has 1 unspecified atom stereocenters. The molecule has 1 heterocycles. The average molecular weight is 534 g/mol. The molecule has 0 amide bonds. The van der Waals surface area contributed by atoms with Crippen molar-refractivity contribution in [1.29, 1.82) is 0 Å². The molecule has 0 radical (unpaired) electrons. The second-order valence-electron chi connectivity index (χ2n) is 9.31. The fourth-order valence-electron chi connectivity index (χ4n) is 4.44. The standard InChI is InChI=1S/C31H35NO7/c1-20(17-34-2)38-30(33)14-24-8-9-26(36-4)15-29(24)37-18-22-11-25-13-27(19-35-3)39-31(25)28(12-22)23-7-5-6-21(10-23)16-32/h5-13,15,20H,14,16-19,32H2,1-4H3. The molecule has 1 atom stereocenters. The minimum Gasteiger partial charge on any atom is -0.497 e. The Morgan fingerprint density at radius 3 is 2.54 bits per heavy atom. The Hall–Kier alpha value is -3.85. The van der Waals surface area contributed by atoms with Crippen LogP contribution in [0.1, 0.15) is 29.4 Å². The van der Waals surface area contributed by atoms with Crippen LogP contribution in [0.2, 0.25) is 0 Å². The van der Waals surface area contributed by atoms with Gasteiger partial charge in [-0.1, -0.05) is 24.3 Å². The van der Waals surface area contributed by atoms with Gasteiger partial charge in [0.25, 0.3) is 0 Å². The summed E-state index contributed by atoms with van der Waals surface area (Å²) in [4.78, 5) is 12.5. The van der Waals surface area contributed by atoms with E-state index >= 15 is 0 Å². The number of carbonyl (C=O) groups excluding carboxylic acids is 1. The number of furan rings is 1. The zero-order valence-electron chi connectivity index (χ0n) is 22.8. The fourth-order valence-corrected chi connectivity index (χ4v) is 4.44. The summed E-state index contributed by atoms with van der Waals surface area (Å²) in [6, 6.07) is 19.5. The van der Waals surface area contributed by atoms with Crippen molar-refractivity contribution < 1.29 is 32.9 Å². The van der Waals surface area contributed by atoms with Crippen molar-refractivity contribution in [3.63, 3.8) is 0 Å². The maximum atomic E-state index is 12.5. The Bertz CT molecular complexity index is 1410. The van der Waals surface area contributed by atoms with Gasteiger partial charge in [-0.25, -0.2) is 0 Å². The Balaban J connectivity index is 1.64. The third-order valence-electron chi connectivity index (χ3n) is 6.22. The van der Waals surface area contributed by atoms with Gasteiger partial charge in [0, 0.05) is 43.3 Å². The molecule has 0 fully saturated rings. The number of hydrogen-bond donors (Lipinski definition) is 1. The second-order valence-corrected chi connectivity index (χ2v) is 9.31. The molecular formula is C31H35NO7. The van der Waals surface area contributed by atoms with Crippen molar-refractivity contribution in [2.45, 2.75) is 39.2 Å². The first kappa shape index (κ1) is 28.2. The highest BCUT2D eigenvalue weighted by Crippen LogP contribution is 2.34. The number of benzene rings is 3. The van der Waals surface area contributed by atoms with Crippen LogP contribution in [0.15, 0.2) is 65.1 Å². The van der Waals surface area contributed by atoms with Gasteiger partial charge >= 0.3 is 5.97 Å². The van der Waals surface area contributed by atoms with E-state index in [1.165, 1.54) is 0 Å². The van der Waals surface area contributed by atoms with E-state index in [4.69, 9.17) is 33.8 Å². The summed E-state index contributed by atoms with van der Waals surface area (Å²) in [5, 5.41) is 0.942. The molecule has 39 heavy (non-hydrogen) atoms. The Labute approximate surface area is 228 Å². The Morgan fingerprint density at radius 1 is 0.949 bits per heavy atom. The normalized spacial score (nSPS) is 11.9. The molecule has 0 aliphatic rings. The third-order valence-corrected chi connectivity index (χ3v) is 6.22. The van der Waals surface area contributed by atoms with E-state index in [2.05, 4.69) is 12.1 Å². The minimum atomic E-state index is -0.359. The number of rotatable bonds is 13. The third kappa shape index (κ3) is 7.17. The number of carbonyl (C=O) groups is 1. The van der Waals surface area contributed by atoms with Crippen LogP contribution in [0, 0.1) is 0 Å². The fraction of sp³-hybridized carbons (Fsp3) is 0.323. The summed E-state index contributed by atoms with van der Waals surface area (Å²) in [5.74, 6) is 1.55. The first-order valence-corrected chi connectivity index (χ1v) is 12.8. The van der Waals surface area contributed by atoms with Crippen LogP contribution in [-0.2, 0) is 45.2 Å². The van der Waals surface area contributed by atoms with Crippen molar-refractivity contribution >= 4 is 16.9 Å². The van der Waals surface area contributed by atoms with E-state index in [1.54, 1.807) is 40.4 Å². The lowest BCUT2D eigenvalue weighted by Crippen LogP contribution is -2.21. The smallest absolute Gasteiger partial charge is 0.310 e. The predicted octanol–water partition coefficient (Wildman–Crippen LogP) is 5.41. The van der Waals surface area contributed by atoms with Crippen molar-refractivity contribution in [3.8, 4) is 22.6 Å². The van der Waals surface area contributed by atoms with E-state index in [-0.39, 0.29) is 25.1 Å². The van der Waals surface area contributed by atoms with Crippen LogP contribution >= 0.6 is 0 Å². The van der Waals surface area contributed by atoms with E-state index in [9.17, 15) is 4.79 Å². The lowest BCUT2D eigenvalue weighted by Gasteiger charge is -2.16. The van der Waals surface area contributed by atoms with Crippen LogP contribution in [-0.4, -0.2) is 40.0 Å². The second kappa shape index (κ2) is 13.3. The number of esters is 1. The number of hydrogen-bond acceptors (Lipinski definition) is 8. The summed E-state index contributed by atoms with van der Waals surface area (Å²) < 4.78 is 33.6. The zero-order chi connectivity index (χ0) is 27.8. The number of nitrogens with two attached hydrogens (primary N) is 1. The Morgan fingerprint density at radius 2 is 1.79 bits per heavy atom. The number of ether oxygens (including phenoxy) is 5. The van der Waals surface area contributed by atoms with Gasteiger partial charge in [0.05, 0.1) is 20.1 Å². The lowest BCUT2D eigenvalue weighted by atomic mass is 9.99. The molecule has 8 heteroatoms. The number of methoxy groups -OCH3 is 3. The van der Waals surface area contributed by atoms with Crippen molar-refractivity contribution in [2.75, 3.05) is 27.9 Å². The summed E-state index contributed by atoms with van der Waals surface area (Å²) in [7, 11) is 4.79. The summed E-state index contributed by atoms with van der Waals surface area (Å²) in [6.07, 6.45) is -0.281. The quantitative estimate of drug-likeness (QED) is 0.228. The molecule has 8 nitrogen and oxygen atoms in total. The van der Waals surface area contributed by atoms with Crippen LogP contribution in [0.4, 0.5) is 0 Å². The molecule has 0 bridgehead atoms. The molecular weight excluding hydrogens is 498 g/mol. The zero-order valence-corrected chi connectivity index (χ0v) is 22.8. The monoisotopic (exact) mass is 533 g/mol. The topological polar surface area (TPSA) is 102 Å². The van der Waals surface area contributed by atoms with E-state index in [0.29, 0.717) is 36.8 Å². The van der Waals surface area contributed by atoms with Gasteiger partial charge in [-0.05, 0) is 53.9 Å². The maximum absolute atomic E-state index is 12.5. The Kier molecular flexibility index (Phi) is 9.59. The summed E-state index contributed by atoms with van der Waals surface area (Å²) >= 11 is 0. The van der Waals surface area contributed by atoms with E-state index in [1.807, 2.05) is 36.4 Å². The molecule has 206 valence electrons. The van der Waals surface area contributed by atoms with Crippen LogP contribution in [0.3, 0.4) is 0 Å². The highest BCUT2D eigenvalue weighted by molar-refractivity contribution is 5.93. The maximum Gasteiger partial charge on any atom is 0.310 e. The van der Waals surface area contributed by atoms with Crippen molar-refractivity contribution in [3.05, 3.63) is 83.1 Å². The highest BCUT2D eigenvalue weighted by atomic mass is 16.6. The highest BCUT2D eigenvalue weighted by Gasteiger charge is 2.17. The molecule has 0 saturated carbocycles. The molecule has 0 spiro atoms. The molecule has 4 aromatic rings. The van der Waals surface area contributed by atoms with E-state index in [0.717, 1.165) is 39.0 Å². The molecule has 0 aliphatic carbocycles. The van der Waals surface area contributed by atoms with Crippen LogP contribution < -0.4 is 15.2 Å². The van der Waals surface area contributed by atoms with Gasteiger partial charge < -0.3 is 33.8 Å². The van der Waals surface area contributed by atoms with E-state index < -0.39 is 0 Å². The average Bonchev–Trinajstić information content (AvgIpc) is 3.34. The van der Waals surface area contributed by atoms with Crippen LogP contribution in [0.25, 0.3) is 22.1 Å². The molecule has 3 aromatic carbocycles. The van der Waals surface area contributed by atoms with Gasteiger partial charge in [-0.3, -0.25) is 4.79 Å². The summed E-state index contributed by atoms with van der Waals surface area (Å²) in [6.45, 7) is 3.20. The largest absolute Gasteiger partial charge is 0.497 e. The molecule has 2 N–H and O–H groups in total. The molecule has 1 aromatic heterocycles. The molecule has 0 saturated heterocycles. The van der Waals surface area contributed by atoms with Crippen molar-refractivity contribution in [1.82, 2.24) is 0 Å².